The number of H-pyrrole nitrogens is 1. The summed E-state index contributed by atoms with van der Waals surface area (Å²) in [5.41, 5.74) is 4.13. The Balaban J connectivity index is 1.33. The van der Waals surface area contributed by atoms with Gasteiger partial charge in [-0.2, -0.15) is 0 Å². The third kappa shape index (κ3) is 6.25. The van der Waals surface area contributed by atoms with Gasteiger partial charge in [0, 0.05) is 47.9 Å². The zero-order valence-electron chi connectivity index (χ0n) is 22.2. The minimum Gasteiger partial charge on any atom is -0.508 e. The summed E-state index contributed by atoms with van der Waals surface area (Å²) in [5, 5.41) is 17.6. The van der Waals surface area contributed by atoms with Crippen molar-refractivity contribution in [1.29, 1.82) is 0 Å². The Morgan fingerprint density at radius 2 is 1.81 bits per heavy atom. The minimum absolute atomic E-state index is 0.0367. The van der Waals surface area contributed by atoms with Crippen LogP contribution in [-0.2, 0) is 11.3 Å². The normalized spacial score (nSPS) is 15.3. The number of carbonyl (C=O) groups excluding carboxylic acids is 2. The van der Waals surface area contributed by atoms with Crippen molar-refractivity contribution in [2.45, 2.75) is 64.6 Å². The van der Waals surface area contributed by atoms with Crippen LogP contribution in [0.15, 0.2) is 42.5 Å². The lowest BCUT2D eigenvalue weighted by Crippen LogP contribution is -2.33. The van der Waals surface area contributed by atoms with Gasteiger partial charge >= 0.3 is 6.09 Å². The van der Waals surface area contributed by atoms with Gasteiger partial charge in [0.05, 0.1) is 6.04 Å². The van der Waals surface area contributed by atoms with Crippen molar-refractivity contribution >= 4 is 22.9 Å². The van der Waals surface area contributed by atoms with Crippen LogP contribution in [0.5, 0.6) is 5.75 Å². The summed E-state index contributed by atoms with van der Waals surface area (Å²) in [4.78, 5) is 30.0. The molecule has 0 aliphatic carbocycles. The standard InChI is InChI=1S/C29H38N4O4/c1-29(2,3)37-28(36)31-16-10-6-5-9-15-30-18-24-25(21-11-7-8-12-23(21)32-24)26-22-17-19(34)13-14-20(22)27(35)33(26)4/h7-8,11-14,17,26,30,32,34H,5-6,9-10,15-16,18H2,1-4H3,(H,31,36). The molecule has 1 atom stereocenters. The summed E-state index contributed by atoms with van der Waals surface area (Å²) >= 11 is 0. The minimum atomic E-state index is -0.478. The summed E-state index contributed by atoms with van der Waals surface area (Å²) in [7, 11) is 1.82. The van der Waals surface area contributed by atoms with Crippen molar-refractivity contribution in [1.82, 2.24) is 20.5 Å². The van der Waals surface area contributed by atoms with Gasteiger partial charge in [-0.25, -0.2) is 4.79 Å². The number of alkyl carbamates (subject to hydrolysis) is 1. The van der Waals surface area contributed by atoms with E-state index in [4.69, 9.17) is 4.74 Å². The van der Waals surface area contributed by atoms with E-state index in [1.807, 2.05) is 46.0 Å². The Morgan fingerprint density at radius 3 is 2.57 bits per heavy atom. The van der Waals surface area contributed by atoms with Gasteiger partial charge in [0.2, 0.25) is 0 Å². The van der Waals surface area contributed by atoms with Gasteiger partial charge in [0.25, 0.3) is 5.91 Å². The summed E-state index contributed by atoms with van der Waals surface area (Å²) in [5.74, 6) is 0.123. The molecule has 4 rings (SSSR count). The second-order valence-electron chi connectivity index (χ2n) is 10.7. The summed E-state index contributed by atoms with van der Waals surface area (Å²) in [6.07, 6.45) is 3.68. The largest absolute Gasteiger partial charge is 0.508 e. The number of carbonyl (C=O) groups is 2. The van der Waals surface area contributed by atoms with E-state index in [0.717, 1.165) is 60.0 Å². The fourth-order valence-electron chi connectivity index (χ4n) is 4.95. The Labute approximate surface area is 218 Å². The molecule has 8 heteroatoms. The molecule has 1 aliphatic heterocycles. The quantitative estimate of drug-likeness (QED) is 0.282. The number of aromatic amines is 1. The first-order valence-corrected chi connectivity index (χ1v) is 13.0. The van der Waals surface area contributed by atoms with Crippen molar-refractivity contribution in [3.05, 3.63) is 64.8 Å². The van der Waals surface area contributed by atoms with Crippen LogP contribution >= 0.6 is 0 Å². The first kappa shape index (κ1) is 26.5. The van der Waals surface area contributed by atoms with Gasteiger partial charge in [-0.15, -0.1) is 0 Å². The van der Waals surface area contributed by atoms with E-state index in [9.17, 15) is 14.7 Å². The molecule has 0 spiro atoms. The lowest BCUT2D eigenvalue weighted by atomic mass is 9.95. The lowest BCUT2D eigenvalue weighted by molar-refractivity contribution is 0.0526. The highest BCUT2D eigenvalue weighted by Gasteiger charge is 2.38. The fourth-order valence-corrected chi connectivity index (χ4v) is 4.95. The molecule has 1 aromatic heterocycles. The molecule has 0 saturated heterocycles. The number of para-hydroxylation sites is 1. The maximum atomic E-state index is 13.0. The number of aromatic nitrogens is 1. The van der Waals surface area contributed by atoms with E-state index in [-0.39, 0.29) is 23.8 Å². The topological polar surface area (TPSA) is 107 Å². The number of unbranched alkanes of at least 4 members (excludes halogenated alkanes) is 3. The maximum Gasteiger partial charge on any atom is 0.407 e. The number of rotatable bonds is 10. The molecule has 0 fully saturated rings. The highest BCUT2D eigenvalue weighted by Crippen LogP contribution is 2.43. The Hall–Kier alpha value is -3.52. The number of hydrogen-bond donors (Lipinski definition) is 4. The number of ether oxygens (including phenoxy) is 1. The Morgan fingerprint density at radius 1 is 1.08 bits per heavy atom. The van der Waals surface area contributed by atoms with Gasteiger partial charge in [-0.05, 0) is 70.0 Å². The molecule has 8 nitrogen and oxygen atoms in total. The third-order valence-corrected chi connectivity index (χ3v) is 6.62. The molecular weight excluding hydrogens is 468 g/mol. The number of benzene rings is 2. The average Bonchev–Trinajstić information content (AvgIpc) is 3.30. The SMILES string of the molecule is CN1C(=O)c2ccc(O)cc2C1c1c(CNCCCCCCNC(=O)OC(C)(C)C)[nH]c2ccccc12. The summed E-state index contributed by atoms with van der Waals surface area (Å²) < 4.78 is 5.25. The number of amides is 2. The molecule has 0 radical (unpaired) electrons. The predicted molar refractivity (Wildman–Crippen MR) is 145 cm³/mol. The van der Waals surface area contributed by atoms with E-state index < -0.39 is 5.60 Å². The lowest BCUT2D eigenvalue weighted by Gasteiger charge is -2.22. The monoisotopic (exact) mass is 506 g/mol. The van der Waals surface area contributed by atoms with Gasteiger partial charge in [-0.3, -0.25) is 4.79 Å². The number of nitrogens with zero attached hydrogens (tertiary/aromatic N) is 1. The molecule has 2 aromatic carbocycles. The van der Waals surface area contributed by atoms with Crippen molar-refractivity contribution in [3.63, 3.8) is 0 Å². The molecule has 198 valence electrons. The first-order valence-electron chi connectivity index (χ1n) is 13.0. The fraction of sp³-hybridized carbons (Fsp3) is 0.448. The molecule has 2 heterocycles. The Bertz CT molecular complexity index is 1260. The molecule has 37 heavy (non-hydrogen) atoms. The molecular formula is C29H38N4O4. The second-order valence-corrected chi connectivity index (χ2v) is 10.7. The van der Waals surface area contributed by atoms with Crippen molar-refractivity contribution in [3.8, 4) is 5.75 Å². The first-order chi connectivity index (χ1) is 17.7. The summed E-state index contributed by atoms with van der Waals surface area (Å²) in [6, 6.07) is 12.9. The Kier molecular flexibility index (Phi) is 8.07. The zero-order valence-corrected chi connectivity index (χ0v) is 22.2. The molecule has 0 bridgehead atoms. The molecule has 2 amide bonds. The average molecular weight is 507 g/mol. The highest BCUT2D eigenvalue weighted by atomic mass is 16.6. The molecule has 3 aromatic rings. The smallest absolute Gasteiger partial charge is 0.407 e. The zero-order chi connectivity index (χ0) is 26.6. The second kappa shape index (κ2) is 11.3. The number of aromatic hydroxyl groups is 1. The molecule has 0 saturated carbocycles. The number of nitrogens with one attached hydrogen (secondary N) is 3. The predicted octanol–water partition coefficient (Wildman–Crippen LogP) is 5.22. The van der Waals surface area contributed by atoms with Crippen molar-refractivity contribution in [2.75, 3.05) is 20.1 Å². The van der Waals surface area contributed by atoms with Crippen LogP contribution < -0.4 is 10.6 Å². The number of phenolic OH excluding ortho intramolecular Hbond substituents is 1. The van der Waals surface area contributed by atoms with Crippen molar-refractivity contribution in [2.24, 2.45) is 0 Å². The summed E-state index contributed by atoms with van der Waals surface area (Å²) in [6.45, 7) is 7.70. The molecule has 4 N–H and O–H groups in total. The van der Waals surface area contributed by atoms with Crippen molar-refractivity contribution < 1.29 is 19.4 Å². The molecule has 1 aliphatic rings. The van der Waals surface area contributed by atoms with Crippen LogP contribution in [0.4, 0.5) is 4.79 Å². The third-order valence-electron chi connectivity index (χ3n) is 6.62. The van der Waals surface area contributed by atoms with Crippen LogP contribution in [0, 0.1) is 0 Å². The number of hydrogen-bond acceptors (Lipinski definition) is 5. The van der Waals surface area contributed by atoms with E-state index >= 15 is 0 Å². The van der Waals surface area contributed by atoms with Gasteiger partial charge in [0.15, 0.2) is 0 Å². The van der Waals surface area contributed by atoms with Crippen LogP contribution in [0.3, 0.4) is 0 Å². The van der Waals surface area contributed by atoms with Gasteiger partial charge < -0.3 is 30.4 Å². The van der Waals surface area contributed by atoms with Gasteiger partial charge in [-0.1, -0.05) is 31.0 Å². The van der Waals surface area contributed by atoms with Gasteiger partial charge in [0.1, 0.15) is 11.4 Å². The van der Waals surface area contributed by atoms with Crippen LogP contribution in [-0.4, -0.2) is 52.7 Å². The van der Waals surface area contributed by atoms with E-state index in [0.29, 0.717) is 18.7 Å². The molecule has 1 unspecified atom stereocenters. The van der Waals surface area contributed by atoms with E-state index in [2.05, 4.69) is 21.7 Å². The van der Waals surface area contributed by atoms with Crippen LogP contribution in [0.2, 0.25) is 0 Å². The number of phenols is 1. The van der Waals surface area contributed by atoms with Crippen LogP contribution in [0.25, 0.3) is 10.9 Å². The number of fused-ring (bicyclic) bond motifs is 2. The van der Waals surface area contributed by atoms with E-state index in [1.54, 1.807) is 23.1 Å². The highest BCUT2D eigenvalue weighted by molar-refractivity contribution is 6.01. The van der Waals surface area contributed by atoms with E-state index in [1.165, 1.54) is 0 Å². The maximum absolute atomic E-state index is 13.0. The van der Waals surface area contributed by atoms with Crippen LogP contribution in [0.1, 0.15) is 79.7 Å².